The van der Waals surface area contributed by atoms with Gasteiger partial charge in [0.25, 0.3) is 5.91 Å². The van der Waals surface area contributed by atoms with Crippen LogP contribution in [0.3, 0.4) is 0 Å². The lowest BCUT2D eigenvalue weighted by Gasteiger charge is -2.24. The second-order valence-corrected chi connectivity index (χ2v) is 6.64. The zero-order chi connectivity index (χ0) is 19.0. The fraction of sp³-hybridized carbons (Fsp3) is 0.500. The lowest BCUT2D eigenvalue weighted by Crippen LogP contribution is -2.51. The Hall–Kier alpha value is -2.45. The van der Waals surface area contributed by atoms with Gasteiger partial charge in [-0.25, -0.2) is 4.79 Å². The Labute approximate surface area is 142 Å². The van der Waals surface area contributed by atoms with Crippen molar-refractivity contribution < 1.29 is 32.2 Å². The van der Waals surface area contributed by atoms with Crippen LogP contribution in [-0.2, 0) is 15.7 Å². The zero-order valence-electron chi connectivity index (χ0n) is 14.2. The van der Waals surface area contributed by atoms with Gasteiger partial charge in [-0.1, -0.05) is 0 Å². The number of benzene rings is 1. The highest BCUT2D eigenvalue weighted by Crippen LogP contribution is 2.36. The summed E-state index contributed by atoms with van der Waals surface area (Å²) < 4.78 is 49.0. The maximum absolute atomic E-state index is 12.8. The van der Waals surface area contributed by atoms with Crippen LogP contribution in [0.25, 0.3) is 0 Å². The van der Waals surface area contributed by atoms with Crippen LogP contribution in [0.5, 0.6) is 5.75 Å². The SMILES string of the molecule is C[C@H]1Oc2cc(C(F)(F)F)ccc2NC(=O)[C@H]1NC(=O)OC(C)(C)C. The Bertz CT molecular complexity index is 683. The van der Waals surface area contributed by atoms with Crippen LogP contribution in [0.1, 0.15) is 33.3 Å². The predicted molar refractivity (Wildman–Crippen MR) is 83.3 cm³/mol. The van der Waals surface area contributed by atoms with E-state index in [-0.39, 0.29) is 11.4 Å². The van der Waals surface area contributed by atoms with Gasteiger partial charge in [0.15, 0.2) is 0 Å². The molecule has 1 aliphatic heterocycles. The summed E-state index contributed by atoms with van der Waals surface area (Å²) in [7, 11) is 0. The lowest BCUT2D eigenvalue weighted by molar-refractivity contribution is -0.137. The molecule has 2 rings (SSSR count). The second-order valence-electron chi connectivity index (χ2n) is 6.64. The average molecular weight is 360 g/mol. The zero-order valence-corrected chi connectivity index (χ0v) is 14.2. The summed E-state index contributed by atoms with van der Waals surface area (Å²) in [5, 5.41) is 4.82. The van der Waals surface area contributed by atoms with Gasteiger partial charge in [-0.3, -0.25) is 4.79 Å². The first-order chi connectivity index (χ1) is 11.4. The van der Waals surface area contributed by atoms with Crippen LogP contribution in [0, 0.1) is 0 Å². The molecule has 1 aliphatic rings. The van der Waals surface area contributed by atoms with Crippen molar-refractivity contribution in [2.75, 3.05) is 5.32 Å². The fourth-order valence-electron chi connectivity index (χ4n) is 2.21. The lowest BCUT2D eigenvalue weighted by atomic mass is 10.1. The number of nitrogens with one attached hydrogen (secondary N) is 2. The van der Waals surface area contributed by atoms with Gasteiger partial charge in [-0.2, -0.15) is 13.2 Å². The van der Waals surface area contributed by atoms with Crippen LogP contribution < -0.4 is 15.4 Å². The monoisotopic (exact) mass is 360 g/mol. The topological polar surface area (TPSA) is 76.7 Å². The van der Waals surface area contributed by atoms with E-state index in [4.69, 9.17) is 9.47 Å². The largest absolute Gasteiger partial charge is 0.486 e. The van der Waals surface area contributed by atoms with E-state index >= 15 is 0 Å². The van der Waals surface area contributed by atoms with E-state index < -0.39 is 41.5 Å². The highest BCUT2D eigenvalue weighted by atomic mass is 19.4. The molecule has 6 nitrogen and oxygen atoms in total. The second kappa shape index (κ2) is 6.45. The third-order valence-corrected chi connectivity index (χ3v) is 3.30. The number of alkyl halides is 3. The number of hydrogen-bond acceptors (Lipinski definition) is 4. The van der Waals surface area contributed by atoms with Crippen molar-refractivity contribution in [1.82, 2.24) is 5.32 Å². The van der Waals surface area contributed by atoms with E-state index in [9.17, 15) is 22.8 Å². The van der Waals surface area contributed by atoms with Gasteiger partial charge in [-0.05, 0) is 45.9 Å². The van der Waals surface area contributed by atoms with E-state index in [2.05, 4.69) is 10.6 Å². The molecule has 2 N–H and O–H groups in total. The molecule has 0 spiro atoms. The molecule has 2 amide bonds. The Balaban J connectivity index is 2.21. The molecule has 0 unspecified atom stereocenters. The van der Waals surface area contributed by atoms with Gasteiger partial charge in [0.1, 0.15) is 23.5 Å². The van der Waals surface area contributed by atoms with E-state index in [1.807, 2.05) is 0 Å². The molecule has 1 aromatic rings. The molecule has 0 saturated heterocycles. The first-order valence-corrected chi connectivity index (χ1v) is 7.55. The third kappa shape index (κ3) is 4.77. The molecule has 1 aromatic carbocycles. The Kier molecular flexibility index (Phi) is 4.87. The van der Waals surface area contributed by atoms with Gasteiger partial charge >= 0.3 is 12.3 Å². The van der Waals surface area contributed by atoms with Crippen molar-refractivity contribution in [3.63, 3.8) is 0 Å². The van der Waals surface area contributed by atoms with Crippen molar-refractivity contribution >= 4 is 17.7 Å². The number of alkyl carbamates (subject to hydrolysis) is 1. The van der Waals surface area contributed by atoms with E-state index in [1.165, 1.54) is 6.92 Å². The number of halogens is 3. The smallest absolute Gasteiger partial charge is 0.416 e. The molecular weight excluding hydrogens is 341 g/mol. The minimum atomic E-state index is -4.54. The van der Waals surface area contributed by atoms with E-state index in [1.54, 1.807) is 20.8 Å². The molecule has 9 heteroatoms. The summed E-state index contributed by atoms with van der Waals surface area (Å²) in [4.78, 5) is 24.2. The molecule has 25 heavy (non-hydrogen) atoms. The number of rotatable bonds is 1. The van der Waals surface area contributed by atoms with Crippen LogP contribution in [0.15, 0.2) is 18.2 Å². The molecule has 0 saturated carbocycles. The number of carbonyl (C=O) groups is 2. The molecule has 0 bridgehead atoms. The van der Waals surface area contributed by atoms with Crippen molar-refractivity contribution in [2.24, 2.45) is 0 Å². The normalized spacial score (nSPS) is 20.7. The highest BCUT2D eigenvalue weighted by Gasteiger charge is 2.36. The number of fused-ring (bicyclic) bond motifs is 1. The molecule has 0 aliphatic carbocycles. The van der Waals surface area contributed by atoms with Crippen molar-refractivity contribution in [3.05, 3.63) is 23.8 Å². The molecular formula is C16H19F3N2O4. The Morgan fingerprint density at radius 3 is 2.48 bits per heavy atom. The van der Waals surface area contributed by atoms with Gasteiger partial charge in [0.2, 0.25) is 0 Å². The van der Waals surface area contributed by atoms with Crippen LogP contribution in [-0.4, -0.2) is 29.7 Å². The number of carbonyl (C=O) groups excluding carboxylic acids is 2. The highest BCUT2D eigenvalue weighted by molar-refractivity contribution is 5.98. The third-order valence-electron chi connectivity index (χ3n) is 3.30. The van der Waals surface area contributed by atoms with Crippen molar-refractivity contribution in [3.8, 4) is 5.75 Å². The Morgan fingerprint density at radius 2 is 1.92 bits per heavy atom. The van der Waals surface area contributed by atoms with Gasteiger partial charge < -0.3 is 20.1 Å². The van der Waals surface area contributed by atoms with Gasteiger partial charge in [-0.15, -0.1) is 0 Å². The average Bonchev–Trinajstić information content (AvgIpc) is 2.53. The summed E-state index contributed by atoms with van der Waals surface area (Å²) >= 11 is 0. The first kappa shape index (κ1) is 18.9. The molecule has 2 atom stereocenters. The van der Waals surface area contributed by atoms with Crippen molar-refractivity contribution in [1.29, 1.82) is 0 Å². The molecule has 0 radical (unpaired) electrons. The minimum absolute atomic E-state index is 0.0957. The maximum Gasteiger partial charge on any atom is 0.416 e. The molecule has 0 fully saturated rings. The van der Waals surface area contributed by atoms with Crippen molar-refractivity contribution in [2.45, 2.75) is 51.6 Å². The summed E-state index contributed by atoms with van der Waals surface area (Å²) in [5.41, 5.74) is -1.57. The summed E-state index contributed by atoms with van der Waals surface area (Å²) in [6.45, 7) is 6.45. The van der Waals surface area contributed by atoms with Crippen LogP contribution in [0.2, 0.25) is 0 Å². The fourth-order valence-corrected chi connectivity index (χ4v) is 2.21. The van der Waals surface area contributed by atoms with Gasteiger partial charge in [0.05, 0.1) is 11.3 Å². The minimum Gasteiger partial charge on any atom is -0.486 e. The summed E-state index contributed by atoms with van der Waals surface area (Å²) in [6, 6.07) is 1.63. The van der Waals surface area contributed by atoms with Crippen LogP contribution in [0.4, 0.5) is 23.7 Å². The molecule has 1 heterocycles. The van der Waals surface area contributed by atoms with Gasteiger partial charge in [0, 0.05) is 0 Å². The van der Waals surface area contributed by atoms with E-state index in [0.717, 1.165) is 18.2 Å². The number of anilines is 1. The quantitative estimate of drug-likeness (QED) is 0.806. The van der Waals surface area contributed by atoms with Crippen LogP contribution >= 0.6 is 0 Å². The predicted octanol–water partition coefficient (Wildman–Crippen LogP) is 3.32. The van der Waals surface area contributed by atoms with E-state index in [0.29, 0.717) is 0 Å². The standard InChI is InChI=1S/C16H19F3N2O4/c1-8-12(21-14(23)25-15(2,3)4)13(22)20-10-6-5-9(16(17,18)19)7-11(10)24-8/h5-8,12H,1-4H3,(H,20,22)(H,21,23)/t8-,12+/m1/s1. The first-order valence-electron chi connectivity index (χ1n) is 7.55. The molecule has 0 aromatic heterocycles. The number of ether oxygens (including phenoxy) is 2. The maximum atomic E-state index is 12.8. The summed E-state index contributed by atoms with van der Waals surface area (Å²) in [5.74, 6) is -0.735. The summed E-state index contributed by atoms with van der Waals surface area (Å²) in [6.07, 6.45) is -6.27. The molecule has 138 valence electrons. The number of amides is 2. The number of hydrogen-bond donors (Lipinski definition) is 2. The Morgan fingerprint density at radius 1 is 1.28 bits per heavy atom.